The van der Waals surface area contributed by atoms with Crippen molar-refractivity contribution in [2.24, 2.45) is 0 Å². The third kappa shape index (κ3) is 5.93. The molecule has 0 atom stereocenters. The minimum absolute atomic E-state index is 0. The zero-order valence-corrected chi connectivity index (χ0v) is 7.24. The first-order valence-electron chi connectivity index (χ1n) is 2.48. The second-order valence-electron chi connectivity index (χ2n) is 2.08. The van der Waals surface area contributed by atoms with Gasteiger partial charge in [-0.15, -0.1) is 0 Å². The van der Waals surface area contributed by atoms with Crippen molar-refractivity contribution >= 4 is 6.47 Å². The molecule has 0 aromatic heterocycles. The summed E-state index contributed by atoms with van der Waals surface area (Å²) in [5.41, 5.74) is -0.457. The van der Waals surface area contributed by atoms with E-state index in [-0.39, 0.29) is 18.6 Å². The van der Waals surface area contributed by atoms with Gasteiger partial charge in [0.2, 0.25) is 0 Å². The van der Waals surface area contributed by atoms with Gasteiger partial charge < -0.3 is 9.53 Å². The summed E-state index contributed by atoms with van der Waals surface area (Å²) < 4.78 is 4.52. The van der Waals surface area contributed by atoms with Gasteiger partial charge >= 0.3 is 18.6 Å². The van der Waals surface area contributed by atoms with Crippen molar-refractivity contribution in [2.45, 2.75) is 26.4 Å². The van der Waals surface area contributed by atoms with Crippen LogP contribution in [0.1, 0.15) is 20.8 Å². The molecule has 0 saturated carbocycles. The van der Waals surface area contributed by atoms with Gasteiger partial charge in [-0.3, -0.25) is 6.42 Å². The molecule has 0 aliphatic heterocycles. The van der Waals surface area contributed by atoms with Crippen molar-refractivity contribution in [2.75, 3.05) is 0 Å². The fourth-order valence-electron chi connectivity index (χ4n) is 0.166. The SMILES string of the molecule is C[CH-]C(C)(C)O[C-]=O.[V+2]. The molecule has 0 spiro atoms. The Morgan fingerprint density at radius 2 is 2.00 bits per heavy atom. The largest absolute Gasteiger partial charge is 2.00 e. The predicted octanol–water partition coefficient (Wildman–Crippen LogP) is 1.07. The molecule has 1 radical (unpaired) electrons. The van der Waals surface area contributed by atoms with E-state index >= 15 is 0 Å². The van der Waals surface area contributed by atoms with Crippen molar-refractivity contribution in [3.05, 3.63) is 6.42 Å². The Kier molecular flexibility index (Phi) is 6.41. The fraction of sp³-hybridized carbons (Fsp3) is 0.667. The van der Waals surface area contributed by atoms with Gasteiger partial charge in [0.1, 0.15) is 0 Å². The van der Waals surface area contributed by atoms with Crippen molar-refractivity contribution < 1.29 is 28.1 Å². The molecular weight excluding hydrogens is 155 g/mol. The Morgan fingerprint density at radius 3 is 2.11 bits per heavy atom. The van der Waals surface area contributed by atoms with Crippen LogP contribution in [-0.2, 0) is 28.1 Å². The van der Waals surface area contributed by atoms with Gasteiger partial charge in [-0.25, -0.2) is 0 Å². The average Bonchev–Trinajstić information content (AvgIpc) is 1.67. The molecule has 0 aliphatic carbocycles. The number of carbonyl (C=O) groups excluding carboxylic acids is 1. The molecule has 0 aromatic rings. The van der Waals surface area contributed by atoms with Gasteiger partial charge in [-0.2, -0.15) is 6.92 Å². The van der Waals surface area contributed by atoms with Crippen molar-refractivity contribution in [1.82, 2.24) is 0 Å². The first-order valence-corrected chi connectivity index (χ1v) is 2.48. The van der Waals surface area contributed by atoms with E-state index in [1.54, 1.807) is 20.3 Å². The van der Waals surface area contributed by atoms with E-state index in [9.17, 15) is 4.79 Å². The van der Waals surface area contributed by atoms with E-state index in [0.717, 1.165) is 0 Å². The van der Waals surface area contributed by atoms with Gasteiger partial charge in [0, 0.05) is 0 Å². The summed E-state index contributed by atoms with van der Waals surface area (Å²) in [6, 6.07) is 0. The Hall–Kier alpha value is 0.0544. The van der Waals surface area contributed by atoms with Crippen LogP contribution in [0.2, 0.25) is 0 Å². The molecule has 0 rings (SSSR count). The molecule has 0 fully saturated rings. The molecule has 0 saturated heterocycles. The Labute approximate surface area is 67.8 Å². The smallest absolute Gasteiger partial charge is 0.672 e. The maximum absolute atomic E-state index is 9.61. The summed E-state index contributed by atoms with van der Waals surface area (Å²) in [6.45, 7) is 6.79. The standard InChI is InChI=1S/C6H10O2.V/c1-4-6(2,3)8-5-7;/h4H,1-3H3;/q-2;+2. The molecule has 0 aliphatic rings. The molecule has 0 bridgehead atoms. The van der Waals surface area contributed by atoms with Crippen LogP contribution in [0, 0.1) is 6.42 Å². The van der Waals surface area contributed by atoms with E-state index in [2.05, 4.69) is 4.74 Å². The molecule has 0 aromatic carbocycles. The number of hydrogen-bond acceptors (Lipinski definition) is 2. The molecule has 3 heteroatoms. The van der Waals surface area contributed by atoms with E-state index in [1.165, 1.54) is 6.47 Å². The van der Waals surface area contributed by atoms with Crippen LogP contribution in [0.5, 0.6) is 0 Å². The van der Waals surface area contributed by atoms with Gasteiger partial charge in [0.05, 0.1) is 0 Å². The first-order chi connectivity index (χ1) is 3.62. The van der Waals surface area contributed by atoms with Crippen LogP contribution < -0.4 is 0 Å². The predicted molar refractivity (Wildman–Crippen MR) is 30.8 cm³/mol. The molecule has 2 nitrogen and oxygen atoms in total. The van der Waals surface area contributed by atoms with Gasteiger partial charge in [-0.1, -0.05) is 25.9 Å². The van der Waals surface area contributed by atoms with Gasteiger partial charge in [0.15, 0.2) is 0 Å². The summed E-state index contributed by atoms with van der Waals surface area (Å²) in [5, 5.41) is 0. The minimum Gasteiger partial charge on any atom is -0.672 e. The van der Waals surface area contributed by atoms with Gasteiger partial charge in [-0.05, 0) is 0 Å². The average molecular weight is 165 g/mol. The summed E-state index contributed by atoms with van der Waals surface area (Å²) in [7, 11) is 0. The second-order valence-corrected chi connectivity index (χ2v) is 2.08. The van der Waals surface area contributed by atoms with Crippen molar-refractivity contribution in [3.8, 4) is 0 Å². The van der Waals surface area contributed by atoms with Gasteiger partial charge in [0.25, 0.3) is 0 Å². The summed E-state index contributed by atoms with van der Waals surface area (Å²) in [4.78, 5) is 9.61. The molecule has 0 amide bonds. The van der Waals surface area contributed by atoms with Crippen LogP contribution >= 0.6 is 0 Å². The fourth-order valence-corrected chi connectivity index (χ4v) is 0.166. The number of ether oxygens (including phenoxy) is 1. The zero-order chi connectivity index (χ0) is 6.62. The van der Waals surface area contributed by atoms with Crippen LogP contribution in [-0.4, -0.2) is 12.1 Å². The molecule has 0 heterocycles. The van der Waals surface area contributed by atoms with Crippen molar-refractivity contribution in [1.29, 1.82) is 0 Å². The summed E-state index contributed by atoms with van der Waals surface area (Å²) in [6.07, 6.45) is 1.79. The third-order valence-electron chi connectivity index (χ3n) is 1.000. The van der Waals surface area contributed by atoms with Crippen LogP contribution in [0.4, 0.5) is 0 Å². The maximum atomic E-state index is 9.61. The molecule has 9 heavy (non-hydrogen) atoms. The minimum atomic E-state index is -0.457. The quantitative estimate of drug-likeness (QED) is 0.584. The number of rotatable bonds is 3. The summed E-state index contributed by atoms with van der Waals surface area (Å²) in [5.74, 6) is 0. The second kappa shape index (κ2) is 4.89. The first kappa shape index (κ1) is 11.8. The maximum Gasteiger partial charge on any atom is 2.00 e. The molecule has 51 valence electrons. The van der Waals surface area contributed by atoms with E-state index in [4.69, 9.17) is 0 Å². The molecule has 0 N–H and O–H groups in total. The Bertz CT molecular complexity index is 81.1. The normalized spacial score (nSPS) is 9.67. The van der Waals surface area contributed by atoms with E-state index in [1.807, 2.05) is 6.92 Å². The van der Waals surface area contributed by atoms with E-state index in [0.29, 0.717) is 0 Å². The van der Waals surface area contributed by atoms with Crippen LogP contribution in [0.3, 0.4) is 0 Å². The topological polar surface area (TPSA) is 26.3 Å². The summed E-state index contributed by atoms with van der Waals surface area (Å²) >= 11 is 0. The van der Waals surface area contributed by atoms with E-state index < -0.39 is 5.60 Å². The monoisotopic (exact) mass is 165 g/mol. The number of hydrogen-bond donors (Lipinski definition) is 0. The Morgan fingerprint density at radius 1 is 1.56 bits per heavy atom. The third-order valence-corrected chi connectivity index (χ3v) is 1.000. The van der Waals surface area contributed by atoms with Crippen molar-refractivity contribution in [3.63, 3.8) is 0 Å². The zero-order valence-electron chi connectivity index (χ0n) is 5.84. The van der Waals surface area contributed by atoms with Crippen LogP contribution in [0.15, 0.2) is 0 Å². The molecular formula is C6H10O2V. The molecule has 0 unspecified atom stereocenters. The Balaban J connectivity index is 0. The van der Waals surface area contributed by atoms with Crippen LogP contribution in [0.25, 0.3) is 0 Å².